The van der Waals surface area contributed by atoms with Crippen molar-refractivity contribution in [3.8, 4) is 22.8 Å². The number of rotatable bonds is 8. The Bertz CT molecular complexity index is 2070. The Morgan fingerprint density at radius 3 is 1.45 bits per heavy atom. The van der Waals surface area contributed by atoms with E-state index in [4.69, 9.17) is 7.67 Å². The number of carbonyl (C=O) groups excluding carboxylic acids is 1. The SMILES string of the molecule is CCS(=O)(=O)c1cc(C(F)(F)F)ccc1-c1ncc(C=O)n1C.CCS(=O)(=O)c1cc(C(F)(F)F)ccc1-c1ncc(CO)n1C.[O]=[Mn]=[O]. The molecular formula is C28H28F6MnN4O8S2. The first-order valence-electron chi connectivity index (χ1n) is 13.5. The van der Waals surface area contributed by atoms with E-state index in [-0.39, 0.29) is 46.6 Å². The molecule has 0 spiro atoms. The van der Waals surface area contributed by atoms with Crippen molar-refractivity contribution in [2.45, 2.75) is 42.6 Å². The standard InChI is InChI=1S/C14H15F3N2O3S.C14H13F3N2O3S.Mn.2O/c2*1-3-23(21,22)12-6-9(14(15,16)17)4-5-11(12)13-18-7-10(8-20)19(13)2;;;/h4-7,20H,3,8H2,1-2H3;4-8H,3H2,1-2H3;;;. The zero-order valence-corrected chi connectivity index (χ0v) is 28.7. The third-order valence-corrected chi connectivity index (χ3v) is 10.5. The predicted octanol–water partition coefficient (Wildman–Crippen LogP) is 4.86. The van der Waals surface area contributed by atoms with Crippen molar-refractivity contribution in [3.63, 3.8) is 0 Å². The van der Waals surface area contributed by atoms with E-state index in [0.717, 1.165) is 24.3 Å². The summed E-state index contributed by atoms with van der Waals surface area (Å²) in [6.45, 7) is 2.38. The van der Waals surface area contributed by atoms with Crippen LogP contribution in [0.25, 0.3) is 22.8 Å². The first kappa shape index (κ1) is 41.3. The summed E-state index contributed by atoms with van der Waals surface area (Å²) in [6.07, 6.45) is -6.22. The summed E-state index contributed by atoms with van der Waals surface area (Å²) in [5.41, 5.74) is -1.40. The maximum atomic E-state index is 12.9. The fourth-order valence-corrected chi connectivity index (χ4v) is 6.44. The predicted molar refractivity (Wildman–Crippen MR) is 155 cm³/mol. The van der Waals surface area contributed by atoms with E-state index in [2.05, 4.69) is 9.97 Å². The number of aldehydes is 1. The van der Waals surface area contributed by atoms with Crippen molar-refractivity contribution in [1.29, 1.82) is 0 Å². The number of halogens is 6. The van der Waals surface area contributed by atoms with Crippen LogP contribution in [-0.4, -0.2) is 58.8 Å². The molecule has 0 aliphatic heterocycles. The van der Waals surface area contributed by atoms with Gasteiger partial charge in [0.1, 0.15) is 17.3 Å². The first-order chi connectivity index (χ1) is 22.6. The molecule has 0 aliphatic carbocycles. The number of nitrogens with zero attached hydrogens (tertiary/aromatic N) is 4. The third-order valence-electron chi connectivity index (χ3n) is 6.92. The minimum atomic E-state index is -4.66. The average Bonchev–Trinajstić information content (AvgIpc) is 3.61. The van der Waals surface area contributed by atoms with Gasteiger partial charge in [0.25, 0.3) is 0 Å². The van der Waals surface area contributed by atoms with Crippen LogP contribution in [0.4, 0.5) is 26.3 Å². The van der Waals surface area contributed by atoms with Crippen LogP contribution in [0.1, 0.15) is 41.2 Å². The molecule has 4 aromatic rings. The van der Waals surface area contributed by atoms with Crippen molar-refractivity contribution < 1.29 is 75.6 Å². The average molecular weight is 782 g/mol. The van der Waals surface area contributed by atoms with Gasteiger partial charge in [-0.3, -0.25) is 4.79 Å². The summed E-state index contributed by atoms with van der Waals surface area (Å²) in [4.78, 5) is 17.9. The Hall–Kier alpha value is -3.91. The van der Waals surface area contributed by atoms with Crippen LogP contribution in [0.5, 0.6) is 0 Å². The molecule has 21 heteroatoms. The molecule has 0 radical (unpaired) electrons. The summed E-state index contributed by atoms with van der Waals surface area (Å²) >= 11 is -1.44. The van der Waals surface area contributed by atoms with Crippen molar-refractivity contribution in [2.75, 3.05) is 11.5 Å². The number of aliphatic hydroxyl groups excluding tert-OH is 1. The molecule has 0 atom stereocenters. The van der Waals surface area contributed by atoms with Gasteiger partial charge in [0, 0.05) is 25.2 Å². The van der Waals surface area contributed by atoms with Gasteiger partial charge in [-0.1, -0.05) is 13.8 Å². The molecule has 0 unspecified atom stereocenters. The van der Waals surface area contributed by atoms with E-state index in [9.17, 15) is 53.1 Å². The van der Waals surface area contributed by atoms with Crippen LogP contribution >= 0.6 is 0 Å². The molecular weight excluding hydrogens is 753 g/mol. The van der Waals surface area contributed by atoms with E-state index in [1.54, 1.807) is 7.05 Å². The summed E-state index contributed by atoms with van der Waals surface area (Å²) < 4.78 is 146. The van der Waals surface area contributed by atoms with Gasteiger partial charge in [-0.15, -0.1) is 0 Å². The minimum absolute atomic E-state index is 0.0236. The molecule has 0 saturated heterocycles. The maximum absolute atomic E-state index is 12.9. The number of alkyl halides is 6. The number of carbonyl (C=O) groups is 1. The van der Waals surface area contributed by atoms with E-state index in [1.165, 1.54) is 42.4 Å². The second-order valence-corrected chi connectivity index (χ2v) is 14.5. The normalized spacial score (nSPS) is 12.0. The molecule has 2 heterocycles. The number of aromatic nitrogens is 4. The fraction of sp³-hybridized carbons (Fsp3) is 0.321. The van der Waals surface area contributed by atoms with Crippen molar-refractivity contribution in [1.82, 2.24) is 19.1 Å². The zero-order chi connectivity index (χ0) is 37.5. The fourth-order valence-electron chi connectivity index (χ4n) is 4.22. The molecule has 12 nitrogen and oxygen atoms in total. The van der Waals surface area contributed by atoms with Crippen LogP contribution in [0.2, 0.25) is 0 Å². The molecule has 2 aromatic carbocycles. The monoisotopic (exact) mass is 781 g/mol. The Kier molecular flexibility index (Phi) is 13.6. The molecule has 0 bridgehead atoms. The van der Waals surface area contributed by atoms with E-state index in [0.29, 0.717) is 24.1 Å². The number of sulfone groups is 2. The number of aliphatic hydroxyl groups is 1. The topological polar surface area (TPSA) is 175 Å². The van der Waals surface area contributed by atoms with E-state index in [1.807, 2.05) is 0 Å². The number of benzene rings is 2. The van der Waals surface area contributed by atoms with Crippen LogP contribution in [-0.2, 0) is 75.2 Å². The Labute approximate surface area is 282 Å². The Morgan fingerprint density at radius 1 is 0.755 bits per heavy atom. The molecule has 0 amide bonds. The second-order valence-electron chi connectivity index (χ2n) is 9.76. The summed E-state index contributed by atoms with van der Waals surface area (Å²) in [6, 6.07) is 4.98. The summed E-state index contributed by atoms with van der Waals surface area (Å²) in [7, 11) is -4.78. The summed E-state index contributed by atoms with van der Waals surface area (Å²) in [5.74, 6) is -0.409. The first-order valence-corrected chi connectivity index (χ1v) is 17.8. The third kappa shape index (κ3) is 9.62. The van der Waals surface area contributed by atoms with Gasteiger partial charge in [-0.25, -0.2) is 26.8 Å². The van der Waals surface area contributed by atoms with Crippen molar-refractivity contribution >= 4 is 26.0 Å². The van der Waals surface area contributed by atoms with Crippen LogP contribution in [0.3, 0.4) is 0 Å². The van der Waals surface area contributed by atoms with Gasteiger partial charge < -0.3 is 14.2 Å². The van der Waals surface area contributed by atoms with Crippen LogP contribution in [0.15, 0.2) is 58.6 Å². The van der Waals surface area contributed by atoms with Gasteiger partial charge in [0.05, 0.1) is 57.1 Å². The molecule has 4 rings (SSSR count). The molecule has 0 aliphatic rings. The van der Waals surface area contributed by atoms with Gasteiger partial charge in [0.15, 0.2) is 26.0 Å². The molecule has 269 valence electrons. The van der Waals surface area contributed by atoms with Crippen molar-refractivity contribution in [2.24, 2.45) is 14.1 Å². The van der Waals surface area contributed by atoms with Gasteiger partial charge in [0.2, 0.25) is 0 Å². The zero-order valence-electron chi connectivity index (χ0n) is 25.9. The quantitative estimate of drug-likeness (QED) is 0.148. The number of imidazole rings is 2. The van der Waals surface area contributed by atoms with Crippen LogP contribution in [0, 0.1) is 0 Å². The van der Waals surface area contributed by atoms with Gasteiger partial charge >= 0.3 is 34.8 Å². The summed E-state index contributed by atoms with van der Waals surface area (Å²) in [5, 5.41) is 9.18. The molecule has 2 aromatic heterocycles. The van der Waals surface area contributed by atoms with E-state index < -0.39 is 67.8 Å². The Balaban J connectivity index is 0.000000315. The molecule has 49 heavy (non-hydrogen) atoms. The number of hydrogen-bond donors (Lipinski definition) is 1. The van der Waals surface area contributed by atoms with Gasteiger partial charge in [-0.2, -0.15) is 26.3 Å². The second kappa shape index (κ2) is 16.2. The molecule has 0 saturated carbocycles. The number of hydrogen-bond acceptors (Lipinski definition) is 10. The van der Waals surface area contributed by atoms with Gasteiger partial charge in [-0.05, 0) is 36.4 Å². The Morgan fingerprint density at radius 2 is 1.14 bits per heavy atom. The van der Waals surface area contributed by atoms with E-state index >= 15 is 0 Å². The van der Waals surface area contributed by atoms with Crippen LogP contribution < -0.4 is 0 Å². The molecule has 1 N–H and O–H groups in total. The molecule has 0 fully saturated rings. The van der Waals surface area contributed by atoms with Crippen molar-refractivity contribution in [3.05, 3.63) is 71.3 Å².